The summed E-state index contributed by atoms with van der Waals surface area (Å²) in [6.45, 7) is 4.21. The molecule has 100 valence electrons. The topological polar surface area (TPSA) is 37.3 Å². The summed E-state index contributed by atoms with van der Waals surface area (Å²) in [6.07, 6.45) is 5.70. The minimum atomic E-state index is -0.453. The van der Waals surface area contributed by atoms with Crippen LogP contribution in [0.25, 0.3) is 0 Å². The van der Waals surface area contributed by atoms with Crippen LogP contribution in [0, 0.1) is 0 Å². The summed E-state index contributed by atoms with van der Waals surface area (Å²) in [5.74, 6) is 0.346. The van der Waals surface area contributed by atoms with Gasteiger partial charge in [0, 0.05) is 5.56 Å². The van der Waals surface area contributed by atoms with Crippen LogP contribution in [0.3, 0.4) is 0 Å². The molecule has 1 aromatic rings. The van der Waals surface area contributed by atoms with Crippen LogP contribution in [0.2, 0.25) is 0 Å². The Morgan fingerprint density at radius 2 is 1.56 bits per heavy atom. The second kappa shape index (κ2) is 7.42. The van der Waals surface area contributed by atoms with Crippen molar-refractivity contribution >= 4 is 16.8 Å². The Kier molecular flexibility index (Phi) is 6.20. The molecule has 0 atom stereocenters. The van der Waals surface area contributed by atoms with Crippen molar-refractivity contribution in [3.05, 3.63) is 28.8 Å². The largest absolute Gasteiger partial charge is 0.507 e. The second-order valence-corrected chi connectivity index (χ2v) is 4.97. The standard InChI is InChI=1S/C15H21ClO2/c1-3-5-7-11-9-13(15(16)18)10-12(14(11)17)8-6-4-2/h9-10,17H,3-8H2,1-2H3. The Morgan fingerprint density at radius 1 is 1.11 bits per heavy atom. The molecule has 0 heterocycles. The van der Waals surface area contributed by atoms with Gasteiger partial charge in [0.25, 0.3) is 5.24 Å². The SMILES string of the molecule is CCCCc1cc(C(=O)Cl)cc(CCCC)c1O. The minimum Gasteiger partial charge on any atom is -0.507 e. The monoisotopic (exact) mass is 268 g/mol. The van der Waals surface area contributed by atoms with Crippen molar-refractivity contribution in [1.29, 1.82) is 0 Å². The van der Waals surface area contributed by atoms with Gasteiger partial charge in [-0.2, -0.15) is 0 Å². The molecule has 0 aromatic heterocycles. The van der Waals surface area contributed by atoms with Crippen LogP contribution in [-0.4, -0.2) is 10.3 Å². The Hall–Kier alpha value is -1.02. The van der Waals surface area contributed by atoms with Crippen LogP contribution in [-0.2, 0) is 12.8 Å². The van der Waals surface area contributed by atoms with E-state index in [-0.39, 0.29) is 0 Å². The number of hydrogen-bond donors (Lipinski definition) is 1. The molecule has 0 saturated heterocycles. The van der Waals surface area contributed by atoms with Gasteiger partial charge in [0.15, 0.2) is 0 Å². The van der Waals surface area contributed by atoms with Crippen LogP contribution in [0.15, 0.2) is 12.1 Å². The summed E-state index contributed by atoms with van der Waals surface area (Å²) < 4.78 is 0. The van der Waals surface area contributed by atoms with Gasteiger partial charge in [-0.25, -0.2) is 0 Å². The van der Waals surface area contributed by atoms with Crippen LogP contribution in [0.5, 0.6) is 5.75 Å². The molecule has 0 saturated carbocycles. The van der Waals surface area contributed by atoms with E-state index in [9.17, 15) is 9.90 Å². The van der Waals surface area contributed by atoms with Crippen molar-refractivity contribution in [2.45, 2.75) is 52.4 Å². The molecule has 3 heteroatoms. The van der Waals surface area contributed by atoms with Crippen molar-refractivity contribution in [2.24, 2.45) is 0 Å². The minimum absolute atomic E-state index is 0.346. The predicted octanol–water partition coefficient (Wildman–Crippen LogP) is 4.46. The van der Waals surface area contributed by atoms with Gasteiger partial charge in [-0.1, -0.05) is 26.7 Å². The van der Waals surface area contributed by atoms with Crippen LogP contribution in [0.4, 0.5) is 0 Å². The first-order valence-corrected chi connectivity index (χ1v) is 7.02. The number of unbranched alkanes of at least 4 members (excludes halogenated alkanes) is 2. The lowest BCUT2D eigenvalue weighted by Gasteiger charge is -2.11. The Balaban J connectivity index is 3.07. The number of halogens is 1. The maximum absolute atomic E-state index is 11.3. The zero-order chi connectivity index (χ0) is 13.5. The van der Waals surface area contributed by atoms with E-state index in [0.717, 1.165) is 49.7 Å². The summed E-state index contributed by atoms with van der Waals surface area (Å²) in [5.41, 5.74) is 2.18. The summed E-state index contributed by atoms with van der Waals surface area (Å²) in [6, 6.07) is 3.44. The number of hydrogen-bond acceptors (Lipinski definition) is 2. The summed E-state index contributed by atoms with van der Waals surface area (Å²) >= 11 is 5.55. The average molecular weight is 269 g/mol. The maximum atomic E-state index is 11.3. The number of aryl methyl sites for hydroxylation is 2. The lowest BCUT2D eigenvalue weighted by atomic mass is 9.97. The first-order valence-electron chi connectivity index (χ1n) is 6.64. The van der Waals surface area contributed by atoms with Crippen molar-refractivity contribution in [2.75, 3.05) is 0 Å². The third kappa shape index (κ3) is 4.02. The first kappa shape index (κ1) is 15.0. The highest BCUT2D eigenvalue weighted by Crippen LogP contribution is 2.28. The van der Waals surface area contributed by atoms with Gasteiger partial charge in [0.1, 0.15) is 5.75 Å². The normalized spacial score (nSPS) is 10.6. The van der Waals surface area contributed by atoms with Gasteiger partial charge in [-0.3, -0.25) is 4.79 Å². The molecule has 0 aliphatic carbocycles. The Morgan fingerprint density at radius 3 is 1.89 bits per heavy atom. The fourth-order valence-corrected chi connectivity index (χ4v) is 2.10. The first-order chi connectivity index (χ1) is 8.60. The highest BCUT2D eigenvalue weighted by Gasteiger charge is 2.12. The van der Waals surface area contributed by atoms with Gasteiger partial charge in [-0.15, -0.1) is 0 Å². The fourth-order valence-electron chi connectivity index (χ4n) is 1.99. The number of phenols is 1. The molecular weight excluding hydrogens is 248 g/mol. The Bertz CT molecular complexity index is 384. The molecule has 0 unspecified atom stereocenters. The van der Waals surface area contributed by atoms with E-state index in [1.807, 2.05) is 0 Å². The molecule has 0 aliphatic heterocycles. The number of carbonyl (C=O) groups is 1. The van der Waals surface area contributed by atoms with E-state index in [1.165, 1.54) is 0 Å². The van der Waals surface area contributed by atoms with Crippen molar-refractivity contribution in [1.82, 2.24) is 0 Å². The highest BCUT2D eigenvalue weighted by atomic mass is 35.5. The molecule has 0 fully saturated rings. The zero-order valence-electron chi connectivity index (χ0n) is 11.1. The van der Waals surface area contributed by atoms with E-state index >= 15 is 0 Å². The van der Waals surface area contributed by atoms with Gasteiger partial charge >= 0.3 is 0 Å². The molecule has 18 heavy (non-hydrogen) atoms. The molecule has 0 radical (unpaired) electrons. The quantitative estimate of drug-likeness (QED) is 0.742. The molecule has 0 bridgehead atoms. The molecule has 1 N–H and O–H groups in total. The molecule has 0 amide bonds. The molecule has 0 aliphatic rings. The van der Waals surface area contributed by atoms with Gasteiger partial charge < -0.3 is 5.11 Å². The lowest BCUT2D eigenvalue weighted by Crippen LogP contribution is -1.98. The number of rotatable bonds is 7. The fraction of sp³-hybridized carbons (Fsp3) is 0.533. The van der Waals surface area contributed by atoms with E-state index in [1.54, 1.807) is 12.1 Å². The third-order valence-corrected chi connectivity index (χ3v) is 3.31. The average Bonchev–Trinajstić information content (AvgIpc) is 2.35. The summed E-state index contributed by atoms with van der Waals surface area (Å²) in [7, 11) is 0. The van der Waals surface area contributed by atoms with Crippen LogP contribution >= 0.6 is 11.6 Å². The number of benzene rings is 1. The summed E-state index contributed by atoms with van der Waals surface area (Å²) in [4.78, 5) is 11.3. The molecule has 1 aromatic carbocycles. The second-order valence-electron chi connectivity index (χ2n) is 4.62. The van der Waals surface area contributed by atoms with Crippen LogP contribution in [0.1, 0.15) is 61.0 Å². The van der Waals surface area contributed by atoms with Crippen molar-refractivity contribution in [3.63, 3.8) is 0 Å². The molecule has 0 spiro atoms. The highest BCUT2D eigenvalue weighted by molar-refractivity contribution is 6.67. The molecular formula is C15H21ClO2. The predicted molar refractivity (Wildman–Crippen MR) is 75.5 cm³/mol. The lowest BCUT2D eigenvalue weighted by molar-refractivity contribution is 0.108. The number of carbonyl (C=O) groups excluding carboxylic acids is 1. The van der Waals surface area contributed by atoms with E-state index in [0.29, 0.717) is 11.3 Å². The van der Waals surface area contributed by atoms with E-state index in [4.69, 9.17) is 11.6 Å². The third-order valence-electron chi connectivity index (χ3n) is 3.09. The van der Waals surface area contributed by atoms with Gasteiger partial charge in [0.2, 0.25) is 0 Å². The van der Waals surface area contributed by atoms with Crippen molar-refractivity contribution < 1.29 is 9.90 Å². The zero-order valence-corrected chi connectivity index (χ0v) is 11.9. The Labute approximate surface area is 114 Å². The number of aromatic hydroxyl groups is 1. The molecule has 2 nitrogen and oxygen atoms in total. The van der Waals surface area contributed by atoms with Crippen molar-refractivity contribution in [3.8, 4) is 5.75 Å². The van der Waals surface area contributed by atoms with E-state index < -0.39 is 5.24 Å². The van der Waals surface area contributed by atoms with E-state index in [2.05, 4.69) is 13.8 Å². The summed E-state index contributed by atoms with van der Waals surface area (Å²) in [5, 5.41) is 9.74. The smallest absolute Gasteiger partial charge is 0.252 e. The number of phenolic OH excluding ortho intramolecular Hbond substituents is 1. The van der Waals surface area contributed by atoms with Crippen LogP contribution < -0.4 is 0 Å². The van der Waals surface area contributed by atoms with Gasteiger partial charge in [-0.05, 0) is 60.5 Å². The van der Waals surface area contributed by atoms with Gasteiger partial charge in [0.05, 0.1) is 0 Å². The maximum Gasteiger partial charge on any atom is 0.252 e. The molecule has 1 rings (SSSR count).